The number of rotatable bonds is 1. The number of benzene rings is 2. The summed E-state index contributed by atoms with van der Waals surface area (Å²) in [5.74, 6) is 0.440. The molecule has 3 aromatic rings. The third-order valence-corrected chi connectivity index (χ3v) is 3.39. The van der Waals surface area contributed by atoms with E-state index in [1.54, 1.807) is 6.07 Å². The number of nitrogen functional groups attached to an aromatic ring is 1. The molecular formula is C15H14FN3. The number of anilines is 1. The second-order valence-corrected chi connectivity index (χ2v) is 4.67. The Labute approximate surface area is 110 Å². The van der Waals surface area contributed by atoms with Gasteiger partial charge in [-0.15, -0.1) is 0 Å². The number of hydrogen-bond donors (Lipinski definition) is 1. The van der Waals surface area contributed by atoms with Gasteiger partial charge in [-0.2, -0.15) is 0 Å². The van der Waals surface area contributed by atoms with Crippen molar-refractivity contribution in [2.75, 3.05) is 5.73 Å². The lowest BCUT2D eigenvalue weighted by Crippen LogP contribution is -1.94. The van der Waals surface area contributed by atoms with Gasteiger partial charge in [-0.3, -0.25) is 0 Å². The molecule has 0 aliphatic heterocycles. The lowest BCUT2D eigenvalue weighted by molar-refractivity contribution is 0.637. The largest absolute Gasteiger partial charge is 0.399 e. The molecule has 0 aliphatic rings. The summed E-state index contributed by atoms with van der Waals surface area (Å²) in [5.41, 5.74) is 9.67. The zero-order valence-electron chi connectivity index (χ0n) is 10.8. The molecule has 3 rings (SSSR count). The minimum Gasteiger partial charge on any atom is -0.399 e. The monoisotopic (exact) mass is 255 g/mol. The van der Waals surface area contributed by atoms with Crippen LogP contribution in [0.1, 0.15) is 5.56 Å². The first-order valence-electron chi connectivity index (χ1n) is 6.05. The molecule has 0 fully saturated rings. The van der Waals surface area contributed by atoms with Crippen LogP contribution in [0, 0.1) is 12.7 Å². The molecule has 2 N–H and O–H groups in total. The number of aromatic nitrogens is 2. The molecule has 1 aromatic heterocycles. The number of nitrogens with two attached hydrogens (primary N) is 1. The lowest BCUT2D eigenvalue weighted by atomic mass is 10.1. The van der Waals surface area contributed by atoms with Crippen molar-refractivity contribution in [1.82, 2.24) is 9.55 Å². The van der Waals surface area contributed by atoms with Crippen molar-refractivity contribution < 1.29 is 4.39 Å². The molecule has 0 saturated heterocycles. The second-order valence-electron chi connectivity index (χ2n) is 4.67. The van der Waals surface area contributed by atoms with Gasteiger partial charge in [0.2, 0.25) is 0 Å². The Morgan fingerprint density at radius 1 is 1.21 bits per heavy atom. The third kappa shape index (κ3) is 1.76. The van der Waals surface area contributed by atoms with Gasteiger partial charge in [0.15, 0.2) is 5.82 Å². The fraction of sp³-hybridized carbons (Fsp3) is 0.133. The normalized spacial score (nSPS) is 11.1. The minimum absolute atomic E-state index is 0.300. The molecule has 0 amide bonds. The molecule has 19 heavy (non-hydrogen) atoms. The van der Waals surface area contributed by atoms with Gasteiger partial charge < -0.3 is 10.3 Å². The Bertz CT molecular complexity index is 774. The summed E-state index contributed by atoms with van der Waals surface area (Å²) in [6.45, 7) is 1.95. The van der Waals surface area contributed by atoms with Gasteiger partial charge in [0.1, 0.15) is 11.3 Å². The Kier molecular flexibility index (Phi) is 2.52. The molecule has 0 spiro atoms. The summed E-state index contributed by atoms with van der Waals surface area (Å²) in [5, 5.41) is 0. The maximum Gasteiger partial charge on any atom is 0.151 e. The highest BCUT2D eigenvalue weighted by molar-refractivity contribution is 5.81. The second kappa shape index (κ2) is 4.09. The molecule has 0 unspecified atom stereocenters. The summed E-state index contributed by atoms with van der Waals surface area (Å²) < 4.78 is 15.6. The van der Waals surface area contributed by atoms with Gasteiger partial charge in [0, 0.05) is 18.3 Å². The molecule has 0 atom stereocenters. The van der Waals surface area contributed by atoms with Gasteiger partial charge in [0.25, 0.3) is 0 Å². The van der Waals surface area contributed by atoms with Gasteiger partial charge >= 0.3 is 0 Å². The van der Waals surface area contributed by atoms with E-state index in [0.717, 1.165) is 28.2 Å². The fourth-order valence-corrected chi connectivity index (χ4v) is 2.25. The fourth-order valence-electron chi connectivity index (χ4n) is 2.25. The molecular weight excluding hydrogens is 241 g/mol. The first-order valence-corrected chi connectivity index (χ1v) is 6.05. The highest BCUT2D eigenvalue weighted by atomic mass is 19.1. The van der Waals surface area contributed by atoms with Gasteiger partial charge in [0.05, 0.1) is 5.52 Å². The number of para-hydroxylation sites is 1. The Morgan fingerprint density at radius 3 is 2.68 bits per heavy atom. The van der Waals surface area contributed by atoms with Crippen molar-refractivity contribution in [3.8, 4) is 11.4 Å². The zero-order chi connectivity index (χ0) is 13.6. The Morgan fingerprint density at radius 2 is 2.00 bits per heavy atom. The van der Waals surface area contributed by atoms with Crippen LogP contribution in [0.3, 0.4) is 0 Å². The van der Waals surface area contributed by atoms with Crippen LogP contribution in [0.15, 0.2) is 36.4 Å². The van der Waals surface area contributed by atoms with Gasteiger partial charge in [-0.1, -0.05) is 6.07 Å². The van der Waals surface area contributed by atoms with E-state index < -0.39 is 0 Å². The van der Waals surface area contributed by atoms with Crippen molar-refractivity contribution in [3.05, 3.63) is 47.8 Å². The first kappa shape index (κ1) is 11.7. The van der Waals surface area contributed by atoms with Crippen LogP contribution < -0.4 is 5.73 Å². The quantitative estimate of drug-likeness (QED) is 0.678. The van der Waals surface area contributed by atoms with E-state index in [-0.39, 0.29) is 5.82 Å². The Balaban J connectivity index is 2.28. The van der Waals surface area contributed by atoms with E-state index in [4.69, 9.17) is 5.73 Å². The molecule has 0 radical (unpaired) electrons. The number of hydrogen-bond acceptors (Lipinski definition) is 2. The average Bonchev–Trinajstić information content (AvgIpc) is 2.72. The van der Waals surface area contributed by atoms with Crippen LogP contribution >= 0.6 is 0 Å². The number of halogens is 1. The van der Waals surface area contributed by atoms with E-state index in [9.17, 15) is 4.39 Å². The summed E-state index contributed by atoms with van der Waals surface area (Å²) in [6.07, 6.45) is 0. The van der Waals surface area contributed by atoms with Crippen molar-refractivity contribution in [1.29, 1.82) is 0 Å². The average molecular weight is 255 g/mol. The van der Waals surface area contributed by atoms with Gasteiger partial charge in [-0.05, 0) is 42.8 Å². The van der Waals surface area contributed by atoms with Crippen molar-refractivity contribution in [3.63, 3.8) is 0 Å². The molecule has 1 heterocycles. The van der Waals surface area contributed by atoms with Crippen LogP contribution in [0.2, 0.25) is 0 Å². The minimum atomic E-state index is -0.300. The first-order chi connectivity index (χ1) is 9.08. The smallest absolute Gasteiger partial charge is 0.151 e. The zero-order valence-corrected chi connectivity index (χ0v) is 10.8. The third-order valence-electron chi connectivity index (χ3n) is 3.39. The summed E-state index contributed by atoms with van der Waals surface area (Å²) in [7, 11) is 1.88. The molecule has 3 nitrogen and oxygen atoms in total. The van der Waals surface area contributed by atoms with Gasteiger partial charge in [-0.25, -0.2) is 9.37 Å². The molecule has 0 saturated carbocycles. The highest BCUT2D eigenvalue weighted by Crippen LogP contribution is 2.27. The van der Waals surface area contributed by atoms with E-state index >= 15 is 0 Å². The van der Waals surface area contributed by atoms with Crippen LogP contribution in [0.25, 0.3) is 22.4 Å². The van der Waals surface area contributed by atoms with Crippen LogP contribution in [0.5, 0.6) is 0 Å². The molecule has 0 aliphatic carbocycles. The van der Waals surface area contributed by atoms with Crippen molar-refractivity contribution in [2.24, 2.45) is 7.05 Å². The van der Waals surface area contributed by atoms with Crippen molar-refractivity contribution in [2.45, 2.75) is 6.92 Å². The molecule has 96 valence electrons. The maximum absolute atomic E-state index is 13.7. The topological polar surface area (TPSA) is 43.8 Å². The number of imidazole rings is 1. The van der Waals surface area contributed by atoms with Crippen LogP contribution in [-0.2, 0) is 7.05 Å². The number of fused-ring (bicyclic) bond motifs is 1. The van der Waals surface area contributed by atoms with E-state index in [0.29, 0.717) is 5.52 Å². The van der Waals surface area contributed by atoms with E-state index in [1.165, 1.54) is 6.07 Å². The van der Waals surface area contributed by atoms with E-state index in [1.807, 2.05) is 42.8 Å². The van der Waals surface area contributed by atoms with Crippen LogP contribution in [-0.4, -0.2) is 9.55 Å². The molecule has 4 heteroatoms. The van der Waals surface area contributed by atoms with Crippen molar-refractivity contribution >= 4 is 16.7 Å². The number of aryl methyl sites for hydroxylation is 2. The molecule has 0 bridgehead atoms. The number of nitrogens with zero attached hydrogens (tertiary/aromatic N) is 2. The van der Waals surface area contributed by atoms with Crippen LogP contribution in [0.4, 0.5) is 10.1 Å². The van der Waals surface area contributed by atoms with E-state index in [2.05, 4.69) is 4.98 Å². The lowest BCUT2D eigenvalue weighted by Gasteiger charge is -2.05. The summed E-state index contributed by atoms with van der Waals surface area (Å²) >= 11 is 0. The standard InChI is InChI=1S/C15H14FN3/c1-9-8-10(6-7-12(9)17)15-18-14-11(16)4-3-5-13(14)19(15)2/h3-8H,17H2,1-2H3. The summed E-state index contributed by atoms with van der Waals surface area (Å²) in [6, 6.07) is 10.7. The Hall–Kier alpha value is -2.36. The maximum atomic E-state index is 13.7. The predicted molar refractivity (Wildman–Crippen MR) is 75.3 cm³/mol. The predicted octanol–water partition coefficient (Wildman–Crippen LogP) is 3.27. The summed E-state index contributed by atoms with van der Waals surface area (Å²) in [4.78, 5) is 4.40. The molecule has 2 aromatic carbocycles. The SMILES string of the molecule is Cc1cc(-c2nc3c(F)cccc3n2C)ccc1N. The highest BCUT2D eigenvalue weighted by Gasteiger charge is 2.12.